The monoisotopic (exact) mass is 279 g/mol. The molecular formula is C13H17N3O2S. The molecule has 1 aromatic carbocycles. The van der Waals surface area contributed by atoms with Crippen molar-refractivity contribution in [1.29, 1.82) is 0 Å². The zero-order valence-electron chi connectivity index (χ0n) is 11.0. The van der Waals surface area contributed by atoms with Gasteiger partial charge in [0.25, 0.3) is 0 Å². The Labute approximate surface area is 115 Å². The number of nitrogens with two attached hydrogens (primary N) is 1. The van der Waals surface area contributed by atoms with E-state index in [9.17, 15) is 0 Å². The maximum absolute atomic E-state index is 5.80. The minimum Gasteiger partial charge on any atom is -0.399 e. The molecule has 0 unspecified atom stereocenters. The topological polar surface area (TPSA) is 60.6 Å². The number of hydrogen-bond acceptors (Lipinski definition) is 6. The van der Waals surface area contributed by atoms with Gasteiger partial charge in [0.1, 0.15) is 12.2 Å². The van der Waals surface area contributed by atoms with Gasteiger partial charge >= 0.3 is 0 Å². The highest BCUT2D eigenvalue weighted by atomic mass is 32.1. The van der Waals surface area contributed by atoms with Gasteiger partial charge in [-0.25, -0.2) is 4.98 Å². The first-order valence-electron chi connectivity index (χ1n) is 6.18. The maximum atomic E-state index is 5.80. The molecule has 0 saturated carbocycles. The lowest BCUT2D eigenvalue weighted by atomic mass is 10.3. The van der Waals surface area contributed by atoms with Crippen LogP contribution in [0.5, 0.6) is 0 Å². The van der Waals surface area contributed by atoms with Crippen molar-refractivity contribution in [1.82, 2.24) is 4.98 Å². The predicted octanol–water partition coefficient (Wildman–Crippen LogP) is 1.73. The summed E-state index contributed by atoms with van der Waals surface area (Å²) < 4.78 is 12.0. The molecule has 102 valence electrons. The van der Waals surface area contributed by atoms with Crippen LogP contribution >= 0.6 is 11.3 Å². The van der Waals surface area contributed by atoms with Crippen LogP contribution < -0.4 is 10.6 Å². The minimum atomic E-state index is 0.0991. The van der Waals surface area contributed by atoms with E-state index in [0.29, 0.717) is 0 Å². The fourth-order valence-corrected chi connectivity index (χ4v) is 3.45. The van der Waals surface area contributed by atoms with Gasteiger partial charge in [0.2, 0.25) is 0 Å². The van der Waals surface area contributed by atoms with Crippen molar-refractivity contribution in [3.63, 3.8) is 0 Å². The van der Waals surface area contributed by atoms with E-state index in [2.05, 4.69) is 9.88 Å². The lowest BCUT2D eigenvalue weighted by Crippen LogP contribution is -2.27. The van der Waals surface area contributed by atoms with Crippen molar-refractivity contribution in [2.45, 2.75) is 12.2 Å². The molecule has 6 heteroatoms. The fourth-order valence-electron chi connectivity index (χ4n) is 2.42. The molecule has 0 bridgehead atoms. The number of rotatable bonds is 3. The van der Waals surface area contributed by atoms with E-state index >= 15 is 0 Å². The number of benzene rings is 1. The molecule has 0 amide bonds. The summed E-state index contributed by atoms with van der Waals surface area (Å²) in [6, 6.07) is 5.81. The van der Waals surface area contributed by atoms with E-state index in [1.54, 1.807) is 25.6 Å². The normalized spacial score (nSPS) is 23.4. The summed E-state index contributed by atoms with van der Waals surface area (Å²) in [5, 5.41) is 1.00. The third-order valence-corrected chi connectivity index (χ3v) is 4.57. The van der Waals surface area contributed by atoms with Crippen molar-refractivity contribution < 1.29 is 9.47 Å². The molecule has 3 rings (SSSR count). The van der Waals surface area contributed by atoms with E-state index in [-0.39, 0.29) is 12.2 Å². The van der Waals surface area contributed by atoms with Crippen LogP contribution in [0.3, 0.4) is 0 Å². The van der Waals surface area contributed by atoms with Gasteiger partial charge in [-0.2, -0.15) is 0 Å². The summed E-state index contributed by atoms with van der Waals surface area (Å²) in [4.78, 5) is 6.86. The molecule has 2 atom stereocenters. The third kappa shape index (κ3) is 2.27. The first-order chi connectivity index (χ1) is 9.21. The summed E-state index contributed by atoms with van der Waals surface area (Å²) >= 11 is 1.66. The number of nitrogen functional groups attached to an aromatic ring is 1. The summed E-state index contributed by atoms with van der Waals surface area (Å²) in [5.41, 5.74) is 7.56. The zero-order chi connectivity index (χ0) is 13.4. The Morgan fingerprint density at radius 1 is 1.26 bits per heavy atom. The van der Waals surface area contributed by atoms with Crippen LogP contribution in [0.25, 0.3) is 10.2 Å². The predicted molar refractivity (Wildman–Crippen MR) is 77.8 cm³/mol. The molecule has 2 aromatic rings. The van der Waals surface area contributed by atoms with Gasteiger partial charge in [0.05, 0.1) is 10.2 Å². The number of fused-ring (bicyclic) bond motifs is 1. The number of hydrogen-bond donors (Lipinski definition) is 1. The van der Waals surface area contributed by atoms with Crippen LogP contribution in [-0.2, 0) is 9.47 Å². The Hall–Kier alpha value is -1.37. The van der Waals surface area contributed by atoms with E-state index in [0.717, 1.165) is 34.1 Å². The van der Waals surface area contributed by atoms with E-state index in [4.69, 9.17) is 15.2 Å². The van der Waals surface area contributed by atoms with Gasteiger partial charge in [-0.3, -0.25) is 0 Å². The Bertz CT molecular complexity index is 574. The minimum absolute atomic E-state index is 0.0991. The Morgan fingerprint density at radius 3 is 2.58 bits per heavy atom. The Morgan fingerprint density at radius 2 is 1.95 bits per heavy atom. The lowest BCUT2D eigenvalue weighted by Gasteiger charge is -2.13. The van der Waals surface area contributed by atoms with Gasteiger partial charge in [0, 0.05) is 33.0 Å². The largest absolute Gasteiger partial charge is 0.399 e. The fraction of sp³-hybridized carbons (Fsp3) is 0.462. The molecule has 0 spiro atoms. The Balaban J connectivity index is 1.88. The highest BCUT2D eigenvalue weighted by Crippen LogP contribution is 2.32. The van der Waals surface area contributed by atoms with Gasteiger partial charge in [-0.05, 0) is 18.2 Å². The van der Waals surface area contributed by atoms with Crippen molar-refractivity contribution in [2.75, 3.05) is 37.9 Å². The summed E-state index contributed by atoms with van der Waals surface area (Å²) in [6.45, 7) is 1.62. The van der Waals surface area contributed by atoms with Gasteiger partial charge in [0.15, 0.2) is 5.13 Å². The van der Waals surface area contributed by atoms with Crippen molar-refractivity contribution in [2.24, 2.45) is 0 Å². The molecule has 1 aromatic heterocycles. The SMILES string of the molecule is CO[C@@H]1CN(c2nc3ccc(N)cc3s2)C[C@H]1OC. The van der Waals surface area contributed by atoms with Crippen LogP contribution in [-0.4, -0.2) is 44.5 Å². The van der Waals surface area contributed by atoms with E-state index in [1.165, 1.54) is 0 Å². The van der Waals surface area contributed by atoms with Crippen LogP contribution in [0, 0.1) is 0 Å². The second kappa shape index (κ2) is 4.96. The van der Waals surface area contributed by atoms with Crippen molar-refractivity contribution >= 4 is 32.4 Å². The highest BCUT2D eigenvalue weighted by molar-refractivity contribution is 7.22. The van der Waals surface area contributed by atoms with Gasteiger partial charge < -0.3 is 20.1 Å². The average Bonchev–Trinajstić information content (AvgIpc) is 3.00. The first kappa shape index (κ1) is 12.7. The second-order valence-corrected chi connectivity index (χ2v) is 5.69. The summed E-state index contributed by atoms with van der Waals surface area (Å²) in [6.07, 6.45) is 0.198. The van der Waals surface area contributed by atoms with Crippen LogP contribution in [0.1, 0.15) is 0 Å². The lowest BCUT2D eigenvalue weighted by molar-refractivity contribution is -0.00461. The third-order valence-electron chi connectivity index (χ3n) is 3.49. The Kier molecular flexibility index (Phi) is 3.30. The molecule has 5 nitrogen and oxygen atoms in total. The molecule has 2 N–H and O–H groups in total. The van der Waals surface area contributed by atoms with Crippen LogP contribution in [0.4, 0.5) is 10.8 Å². The summed E-state index contributed by atoms with van der Waals surface area (Å²) in [7, 11) is 3.44. The summed E-state index contributed by atoms with van der Waals surface area (Å²) in [5.74, 6) is 0. The van der Waals surface area contributed by atoms with Crippen LogP contribution in [0.15, 0.2) is 18.2 Å². The van der Waals surface area contributed by atoms with E-state index in [1.807, 2.05) is 18.2 Å². The molecule has 1 aliphatic heterocycles. The van der Waals surface area contributed by atoms with Crippen molar-refractivity contribution in [3.05, 3.63) is 18.2 Å². The number of nitrogens with zero attached hydrogens (tertiary/aromatic N) is 2. The van der Waals surface area contributed by atoms with Gasteiger partial charge in [-0.1, -0.05) is 11.3 Å². The van der Waals surface area contributed by atoms with E-state index < -0.39 is 0 Å². The highest BCUT2D eigenvalue weighted by Gasteiger charge is 2.34. The quantitative estimate of drug-likeness (QED) is 0.867. The molecule has 19 heavy (non-hydrogen) atoms. The molecule has 2 heterocycles. The smallest absolute Gasteiger partial charge is 0.186 e. The number of thiazole rings is 1. The first-order valence-corrected chi connectivity index (χ1v) is 6.99. The molecule has 1 saturated heterocycles. The number of anilines is 2. The molecule has 0 aliphatic carbocycles. The second-order valence-electron chi connectivity index (χ2n) is 4.68. The zero-order valence-corrected chi connectivity index (χ0v) is 11.8. The standard InChI is InChI=1S/C13H17N3O2S/c1-17-10-6-16(7-11(10)18-2)13-15-9-4-3-8(14)5-12(9)19-13/h3-5,10-11H,6-7,14H2,1-2H3/t10-,11-/m1/s1. The molecule has 1 aliphatic rings. The molecular weight excluding hydrogens is 262 g/mol. The van der Waals surface area contributed by atoms with Gasteiger partial charge in [-0.15, -0.1) is 0 Å². The average molecular weight is 279 g/mol. The van der Waals surface area contributed by atoms with Crippen LogP contribution in [0.2, 0.25) is 0 Å². The number of ether oxygens (including phenoxy) is 2. The molecule has 1 fully saturated rings. The number of aromatic nitrogens is 1. The maximum Gasteiger partial charge on any atom is 0.186 e. The van der Waals surface area contributed by atoms with Crippen molar-refractivity contribution in [3.8, 4) is 0 Å². The molecule has 0 radical (unpaired) electrons. The number of methoxy groups -OCH3 is 2.